The Bertz CT molecular complexity index is 2990. The van der Waals surface area contributed by atoms with Crippen molar-refractivity contribution < 1.29 is 72.2 Å². The van der Waals surface area contributed by atoms with Gasteiger partial charge in [0, 0.05) is 79.1 Å². The minimum Gasteiger partial charge on any atom is -0.423 e. The van der Waals surface area contributed by atoms with Crippen LogP contribution in [0.3, 0.4) is 0 Å². The van der Waals surface area contributed by atoms with Crippen LogP contribution in [0.4, 0.5) is 60.7 Å². The van der Waals surface area contributed by atoms with Crippen molar-refractivity contribution >= 4 is 78.2 Å². The average Bonchev–Trinajstić information content (AvgIpc) is 3.32. The van der Waals surface area contributed by atoms with Crippen LogP contribution in [0.1, 0.15) is 0 Å². The van der Waals surface area contributed by atoms with Gasteiger partial charge < -0.3 is 49.4 Å². The van der Waals surface area contributed by atoms with Crippen molar-refractivity contribution in [1.29, 1.82) is 0 Å². The van der Waals surface area contributed by atoms with Crippen LogP contribution in [-0.2, 0) is 29.1 Å². The zero-order valence-corrected chi connectivity index (χ0v) is 40.6. The number of pyridine rings is 2. The lowest BCUT2D eigenvalue weighted by Crippen LogP contribution is -2.36. The summed E-state index contributed by atoms with van der Waals surface area (Å²) in [6.45, 7) is 5.07. The zero-order chi connectivity index (χ0) is 52.3. The number of nitrogens with zero attached hydrogens (tertiary/aromatic N) is 4. The largest absolute Gasteiger partial charge is 0.573 e. The number of rotatable bonds is 12. The number of benzene rings is 4. The van der Waals surface area contributed by atoms with Crippen LogP contribution in [-0.4, -0.2) is 122 Å². The van der Waals surface area contributed by atoms with Crippen LogP contribution in [0, 0.1) is 0 Å². The van der Waals surface area contributed by atoms with Crippen LogP contribution in [0.5, 0.6) is 11.5 Å². The molecule has 0 unspecified atom stereocenters. The third-order valence-corrected chi connectivity index (χ3v) is 12.6. The highest BCUT2D eigenvalue weighted by Gasteiger charge is 2.32. The maximum absolute atomic E-state index is 12.4. The number of ether oxygens (including phenoxy) is 4. The van der Waals surface area contributed by atoms with E-state index in [0.29, 0.717) is 84.5 Å². The molecule has 6 aromatic rings. The molecule has 0 amide bonds. The average molecular weight is 1070 g/mol. The molecule has 4 N–H and O–H groups in total. The van der Waals surface area contributed by atoms with E-state index in [2.05, 4.69) is 34.9 Å². The Balaban J connectivity index is 0.000000195. The Morgan fingerprint density at radius 3 is 1.46 bits per heavy atom. The van der Waals surface area contributed by atoms with Crippen molar-refractivity contribution in [3.05, 3.63) is 126 Å². The van der Waals surface area contributed by atoms with E-state index in [4.69, 9.17) is 36.1 Å². The number of morpholine rings is 2. The number of hydrogen-bond acceptors (Lipinski definition) is 16. The smallest absolute Gasteiger partial charge is 0.423 e. The Morgan fingerprint density at radius 2 is 1.01 bits per heavy atom. The third kappa shape index (κ3) is 17.5. The van der Waals surface area contributed by atoms with Gasteiger partial charge in [0.15, 0.2) is 19.7 Å². The third-order valence-electron chi connectivity index (χ3n) is 10.2. The molecule has 0 saturated carbocycles. The summed E-state index contributed by atoms with van der Waals surface area (Å²) in [6.07, 6.45) is -7.26. The Morgan fingerprint density at radius 1 is 0.583 bits per heavy atom. The van der Waals surface area contributed by atoms with Gasteiger partial charge >= 0.3 is 19.8 Å². The molecule has 16 nitrogen and oxygen atoms in total. The molecule has 0 spiro atoms. The molecule has 0 bridgehead atoms. The van der Waals surface area contributed by atoms with Gasteiger partial charge in [-0.15, -0.1) is 26.3 Å². The summed E-state index contributed by atoms with van der Waals surface area (Å²) >= 11 is 6.08. The lowest BCUT2D eigenvalue weighted by atomic mass is 9.80. The second-order valence-corrected chi connectivity index (χ2v) is 20.2. The highest BCUT2D eigenvalue weighted by molar-refractivity contribution is 7.91. The lowest BCUT2D eigenvalue weighted by molar-refractivity contribution is -0.275. The van der Waals surface area contributed by atoms with Crippen LogP contribution >= 0.6 is 11.6 Å². The molecule has 4 aromatic carbocycles. The normalized spacial score (nSPS) is 14.2. The van der Waals surface area contributed by atoms with Gasteiger partial charge in [-0.05, 0) is 90.4 Å². The maximum atomic E-state index is 12.4. The van der Waals surface area contributed by atoms with E-state index in [9.17, 15) is 43.2 Å². The summed E-state index contributed by atoms with van der Waals surface area (Å²) in [5.41, 5.74) is 3.81. The molecule has 0 radical (unpaired) electrons. The monoisotopic (exact) mass is 1070 g/mol. The lowest BCUT2D eigenvalue weighted by Gasteiger charge is -2.28. The SMILES string of the molecule is CS(=O)(=O)c1cccc(-c2cc(Nc3ccc(OC(F)(F)F)cc3)cc(N3CCOCC3)n2)c1.CS(=O)(=O)c1cccc(B(O)O)c1.FC(F)(F)Oc1ccc(Nc2cc(Cl)nc(N3CCOCC3)c2)cc1. The molecular formula is C46H46BClF6N6O10S2. The minimum atomic E-state index is -4.76. The number of halogens is 7. The Labute approximate surface area is 416 Å². The zero-order valence-electron chi connectivity index (χ0n) is 38.2. The molecule has 0 atom stereocenters. The van der Waals surface area contributed by atoms with E-state index < -0.39 is 39.5 Å². The van der Waals surface area contributed by atoms with Crippen LogP contribution < -0.4 is 35.4 Å². The molecule has 72 heavy (non-hydrogen) atoms. The summed E-state index contributed by atoms with van der Waals surface area (Å²) in [4.78, 5) is 13.4. The second-order valence-electron chi connectivity index (χ2n) is 15.7. The van der Waals surface area contributed by atoms with Gasteiger partial charge in [0.25, 0.3) is 0 Å². The first-order valence-electron chi connectivity index (χ1n) is 21.4. The van der Waals surface area contributed by atoms with Gasteiger partial charge in [-0.1, -0.05) is 35.9 Å². The number of sulfone groups is 2. The fourth-order valence-corrected chi connectivity index (χ4v) is 8.35. The van der Waals surface area contributed by atoms with Crippen molar-refractivity contribution in [2.45, 2.75) is 22.5 Å². The van der Waals surface area contributed by atoms with E-state index in [-0.39, 0.29) is 26.8 Å². The maximum Gasteiger partial charge on any atom is 0.573 e. The fourth-order valence-electron chi connectivity index (χ4n) is 6.81. The number of nitrogens with one attached hydrogen (secondary N) is 2. The summed E-state index contributed by atoms with van der Waals surface area (Å²) in [5, 5.41) is 24.1. The number of hydrogen-bond donors (Lipinski definition) is 4. The summed E-state index contributed by atoms with van der Waals surface area (Å²) in [7, 11) is -8.32. The van der Waals surface area contributed by atoms with Crippen molar-refractivity contribution in [3.8, 4) is 22.8 Å². The molecule has 0 aliphatic carbocycles. The van der Waals surface area contributed by atoms with E-state index in [1.807, 2.05) is 12.1 Å². The van der Waals surface area contributed by atoms with Crippen molar-refractivity contribution in [3.63, 3.8) is 0 Å². The molecular weight excluding hydrogens is 1020 g/mol. The Kier molecular flexibility index (Phi) is 18.3. The predicted molar refractivity (Wildman–Crippen MR) is 260 cm³/mol. The Hall–Kier alpha value is -6.35. The highest BCUT2D eigenvalue weighted by Crippen LogP contribution is 2.32. The van der Waals surface area contributed by atoms with Crippen molar-refractivity contribution in [2.75, 3.05) is 85.6 Å². The van der Waals surface area contributed by atoms with Gasteiger partial charge in [-0.3, -0.25) is 0 Å². The van der Waals surface area contributed by atoms with E-state index in [0.717, 1.165) is 31.4 Å². The first-order valence-corrected chi connectivity index (χ1v) is 25.6. The molecule has 2 saturated heterocycles. The van der Waals surface area contributed by atoms with Crippen LogP contribution in [0.2, 0.25) is 5.15 Å². The van der Waals surface area contributed by atoms with Gasteiger partial charge in [0.1, 0.15) is 28.3 Å². The van der Waals surface area contributed by atoms with Gasteiger partial charge in [-0.2, -0.15) is 0 Å². The first-order chi connectivity index (χ1) is 33.9. The molecule has 384 valence electrons. The van der Waals surface area contributed by atoms with Crippen LogP contribution in [0.25, 0.3) is 11.3 Å². The summed E-state index contributed by atoms with van der Waals surface area (Å²) in [6, 6.07) is 30.0. The molecule has 2 aliphatic heterocycles. The first kappa shape index (κ1) is 55.0. The molecule has 8 rings (SSSR count). The molecule has 26 heteroatoms. The second kappa shape index (κ2) is 23.9. The van der Waals surface area contributed by atoms with Gasteiger partial charge in [0.2, 0.25) is 0 Å². The fraction of sp³-hybridized carbons (Fsp3) is 0.261. The van der Waals surface area contributed by atoms with Gasteiger partial charge in [-0.25, -0.2) is 26.8 Å². The van der Waals surface area contributed by atoms with E-state index in [1.165, 1.54) is 78.9 Å². The quantitative estimate of drug-likeness (QED) is 0.0529. The minimum absolute atomic E-state index is 0.0816. The highest BCUT2D eigenvalue weighted by atomic mass is 35.5. The van der Waals surface area contributed by atoms with Crippen molar-refractivity contribution in [1.82, 2.24) is 9.97 Å². The van der Waals surface area contributed by atoms with E-state index >= 15 is 0 Å². The number of alkyl halides is 6. The molecule has 2 fully saturated rings. The topological polar surface area (TPSA) is 202 Å². The van der Waals surface area contributed by atoms with Crippen LogP contribution in [0.15, 0.2) is 131 Å². The van der Waals surface area contributed by atoms with Gasteiger partial charge in [0.05, 0.1) is 41.9 Å². The standard InChI is InChI=1S/C23H22F3N3O4S.C16H15ClF3N3O2.C7H9BO4S/c1-34(30,31)20-4-2-3-16(13-20)21-14-18(15-22(28-21)29-9-11-32-12-10-29)27-17-5-7-19(8-6-17)33-23(24,25)26;17-14-9-12(10-15(22-14)23-5-7-24-8-6-23)21-11-1-3-13(4-2-11)25-16(18,19)20;1-13(11,12)7-4-2-3-6(5-7)8(9)10/h2-8,13-15H,9-12H2,1H3,(H,27,28);1-4,9-10H,5-8H2,(H,21,22);2-5,9-10H,1H3. The molecule has 2 aliphatic rings. The number of aromatic nitrogens is 2. The van der Waals surface area contributed by atoms with E-state index in [1.54, 1.807) is 30.3 Å². The predicted octanol–water partition coefficient (Wildman–Crippen LogP) is 7.61. The number of anilines is 6. The molecule has 2 aromatic heterocycles. The van der Waals surface area contributed by atoms with Crippen molar-refractivity contribution in [2.24, 2.45) is 0 Å². The summed E-state index contributed by atoms with van der Waals surface area (Å²) < 4.78 is 138. The molecule has 4 heterocycles. The summed E-state index contributed by atoms with van der Waals surface area (Å²) in [5.74, 6) is 0.792.